The summed E-state index contributed by atoms with van der Waals surface area (Å²) in [6.45, 7) is 2.48. The Labute approximate surface area is 776 Å². The van der Waals surface area contributed by atoms with Crippen molar-refractivity contribution in [2.24, 2.45) is 46.1 Å². The lowest BCUT2D eigenvalue weighted by Gasteiger charge is -2.31. The Balaban J connectivity index is 1.32. The van der Waals surface area contributed by atoms with Crippen LogP contribution in [0.15, 0.2) is 42.9 Å². The van der Waals surface area contributed by atoms with E-state index >= 15 is 4.79 Å². The molecule has 0 aliphatic carbocycles. The number of aromatic amines is 1. The van der Waals surface area contributed by atoms with Gasteiger partial charge in [-0.1, -0.05) is 44.2 Å². The Bertz CT molecular complexity index is 4230. The van der Waals surface area contributed by atoms with Crippen LogP contribution in [0.25, 0.3) is 0 Å². The third-order valence-electron chi connectivity index (χ3n) is 22.2. The number of carbonyl (C=O) groups is 15. The summed E-state index contributed by atoms with van der Waals surface area (Å²) in [6.07, 6.45) is 6.61. The van der Waals surface area contributed by atoms with Gasteiger partial charge in [-0.05, 0) is 165 Å². The van der Waals surface area contributed by atoms with Crippen LogP contribution in [0.1, 0.15) is 160 Å². The third-order valence-corrected chi connectivity index (χ3v) is 22.9. The molecule has 1 aromatic carbocycles. The molecule has 0 spiro atoms. The molecule has 740 valence electrons. The van der Waals surface area contributed by atoms with Gasteiger partial charge in [0.15, 0.2) is 29.8 Å². The number of thioether (sulfide) groups is 1. The van der Waals surface area contributed by atoms with E-state index in [-0.39, 0.29) is 199 Å². The fourth-order valence-electron chi connectivity index (χ4n) is 15.3. The van der Waals surface area contributed by atoms with Crippen LogP contribution in [0.3, 0.4) is 0 Å². The molecule has 133 heavy (non-hydrogen) atoms. The van der Waals surface area contributed by atoms with Crippen molar-refractivity contribution in [3.8, 4) is 0 Å². The van der Waals surface area contributed by atoms with Gasteiger partial charge in [0.25, 0.3) is 0 Å². The molecule has 0 bridgehead atoms. The number of carbonyl (C=O) groups excluding carboxylic acids is 14. The van der Waals surface area contributed by atoms with Gasteiger partial charge in [-0.15, -0.1) is 0 Å². The number of benzene rings is 1. The molecule has 0 saturated carbocycles. The first kappa shape index (κ1) is 111. The first-order valence-corrected chi connectivity index (χ1v) is 46.2. The van der Waals surface area contributed by atoms with E-state index in [1.165, 1.54) is 39.0 Å². The molecule has 14 amide bonds. The molecule has 2 aromatic rings. The predicted octanol–water partition coefficient (Wildman–Crippen LogP) is -8.22. The van der Waals surface area contributed by atoms with Crippen molar-refractivity contribution in [3.05, 3.63) is 54.1 Å². The van der Waals surface area contributed by atoms with Gasteiger partial charge >= 0.3 is 5.97 Å². The van der Waals surface area contributed by atoms with Crippen LogP contribution in [0.5, 0.6) is 0 Å². The predicted molar refractivity (Wildman–Crippen MR) is 493 cm³/mol. The van der Waals surface area contributed by atoms with Crippen molar-refractivity contribution in [1.82, 2.24) is 110 Å². The van der Waals surface area contributed by atoms with Crippen LogP contribution < -0.4 is 125 Å². The standard InChI is InChI=1S/C82H139N33O17S/c1-46(2)39-56(109-68(122)53(23-12-33-99-81(91)92)106-73(127)61-26-15-36-114(61)75(129)54(24-13-34-100-82(93)94)107-67(121)52(22-11-32-98-80(89)90)105-66(120)51(21-10-31-97-79(87)88)103-64(118)49(84)19-9-30-96-78(85)86)69(123)112-59(44-116)71(125)110-57(41-48-42-95-45-102-48)70(124)104-50(20-7-8-29-83)65(119)101-43-63(117)113-35-14-25-60(113)72(126)108-55(28-38-133-3)76(130)115-37-16-27-62(115)74(128)111-58(77(131)132)40-47-17-5-4-6-18-47/h4-6,17-18,42,45-46,49-62,116H,7-16,19-41,43-44,83-84H2,1-3H3,(H,95,102)(H,101,119)(H,103,118)(H,104,124)(H,105,120)(H,106,127)(H,107,121)(H,108,126)(H,109,122)(H,110,125)(H,111,128)(H,112,123)(H,131,132)(H4,85,86,96)(H4,87,88,97)(H4,89,90,98)(H4,91,92,99)(H4,93,94,100)/t49-,50-,51-,52-,53-,54-,55-,56-,57-,58-,59-,60-,61-,62-/m0/s1. The normalized spacial score (nSPS) is 17.0. The number of likely N-dealkylation sites (tertiary alicyclic amines) is 3. The molecular weight excluding hydrogens is 1750 g/mol. The van der Waals surface area contributed by atoms with Gasteiger partial charge in [0.05, 0.1) is 25.5 Å². The minimum atomic E-state index is -1.84. The van der Waals surface area contributed by atoms with Crippen molar-refractivity contribution in [2.75, 3.05) is 84.1 Å². The molecule has 4 heterocycles. The summed E-state index contributed by atoms with van der Waals surface area (Å²) in [6, 6.07) is -10.3. The molecule has 1 aromatic heterocycles. The van der Waals surface area contributed by atoms with E-state index < -0.39 is 204 Å². The average Bonchev–Trinajstić information content (AvgIpc) is 1.69. The smallest absolute Gasteiger partial charge is 0.326 e. The number of imidazole rings is 1. The monoisotopic (exact) mass is 1890 g/mol. The lowest BCUT2D eigenvalue weighted by molar-refractivity contribution is -0.145. The molecule has 0 radical (unpaired) electrons. The maximum atomic E-state index is 15.1. The topological polar surface area (TPSA) is 829 Å². The number of hydrogen-bond donors (Lipinski definition) is 31. The fourth-order valence-corrected chi connectivity index (χ4v) is 15.8. The largest absolute Gasteiger partial charge is 0.480 e. The Hall–Kier alpha value is -12.9. The summed E-state index contributed by atoms with van der Waals surface area (Å²) in [7, 11) is 0. The molecule has 5 rings (SSSR count). The van der Waals surface area contributed by atoms with E-state index in [0.717, 1.165) is 0 Å². The molecule has 3 saturated heterocycles. The van der Waals surface area contributed by atoms with Crippen LogP contribution >= 0.6 is 11.8 Å². The number of aliphatic hydroxyl groups excluding tert-OH is 1. The van der Waals surface area contributed by atoms with Crippen molar-refractivity contribution in [2.45, 2.75) is 246 Å². The zero-order valence-electron chi connectivity index (χ0n) is 75.7. The molecule has 50 nitrogen and oxygen atoms in total. The average molecular weight is 1890 g/mol. The Morgan fingerprint density at radius 2 is 0.827 bits per heavy atom. The van der Waals surface area contributed by atoms with E-state index in [2.05, 4.69) is 95.0 Å². The van der Waals surface area contributed by atoms with E-state index in [9.17, 15) is 77.3 Å². The van der Waals surface area contributed by atoms with Gasteiger partial charge in [0.2, 0.25) is 82.7 Å². The number of nitrogens with two attached hydrogens (primary N) is 7. The molecule has 0 unspecified atom stereocenters. The number of nitrogens with zero attached hydrogens (tertiary/aromatic N) is 4. The summed E-state index contributed by atoms with van der Waals surface area (Å²) in [5, 5.41) is 101. The molecule has 3 aliphatic rings. The number of unbranched alkanes of at least 4 members (excludes halogenated alkanes) is 1. The highest BCUT2D eigenvalue weighted by Crippen LogP contribution is 2.25. The minimum absolute atomic E-state index is 0.00525. The number of hydrogen-bond acceptors (Lipinski definition) is 25. The SMILES string of the molecule is CSCC[C@H](NC(=O)[C@@H]1CCCN1C(=O)CNC(=O)[C@H](CCCCN)NC(=O)[C@H](Cc1cnc[nH]1)NC(=O)[C@H](CO)NC(=O)[C@H](CC(C)C)NC(=O)[C@H](CCCNC(=N)N)NC(=O)[C@@H]1CCCN1C(=O)[C@H](CCCNC(=N)N)NC(=O)[C@H](CCCNC(=N)N)NC(=O)[C@H](CCCNC(=N)N)NC(=O)[C@@H](N)CCCNC(=N)N)C(=O)N1CCC[C@H]1C(=O)N[C@@H](Cc1ccccc1)C(=O)O. The van der Waals surface area contributed by atoms with Crippen LogP contribution in [-0.4, -0.2) is 322 Å². The zero-order valence-corrected chi connectivity index (χ0v) is 76.5. The van der Waals surface area contributed by atoms with Gasteiger partial charge in [0.1, 0.15) is 78.5 Å². The molecular formula is C82H139N33O17S. The van der Waals surface area contributed by atoms with Crippen LogP contribution in [0, 0.1) is 33.0 Å². The number of rotatable bonds is 60. The third kappa shape index (κ3) is 39.6. The number of aliphatic carboxylic acids is 1. The number of carboxylic acid groups (broad SMARTS) is 1. The highest BCUT2D eigenvalue weighted by molar-refractivity contribution is 7.98. The summed E-state index contributed by atoms with van der Waals surface area (Å²) < 4.78 is 0. The minimum Gasteiger partial charge on any atom is -0.480 e. The summed E-state index contributed by atoms with van der Waals surface area (Å²) in [5.41, 5.74) is 40.6. The van der Waals surface area contributed by atoms with Gasteiger partial charge < -0.3 is 155 Å². The first-order valence-electron chi connectivity index (χ1n) is 44.8. The van der Waals surface area contributed by atoms with Gasteiger partial charge in [0, 0.05) is 77.1 Å². The van der Waals surface area contributed by atoms with Gasteiger partial charge in [-0.2, -0.15) is 11.8 Å². The molecule has 14 atom stereocenters. The maximum Gasteiger partial charge on any atom is 0.326 e. The number of guanidine groups is 5. The second-order valence-corrected chi connectivity index (χ2v) is 34.1. The first-order chi connectivity index (χ1) is 63.4. The maximum absolute atomic E-state index is 15.1. The Morgan fingerprint density at radius 3 is 1.28 bits per heavy atom. The summed E-state index contributed by atoms with van der Waals surface area (Å²) >= 11 is 1.41. The number of nitrogens with one attached hydrogen (secondary N) is 22. The lowest BCUT2D eigenvalue weighted by atomic mass is 10.0. The Kier molecular flexibility index (Phi) is 48.8. The second kappa shape index (κ2) is 58.8. The number of H-pyrrole nitrogens is 1. The van der Waals surface area contributed by atoms with Gasteiger partial charge in [-0.25, -0.2) is 9.78 Å². The van der Waals surface area contributed by atoms with Crippen LogP contribution in [0.2, 0.25) is 0 Å². The summed E-state index contributed by atoms with van der Waals surface area (Å²) in [4.78, 5) is 225. The highest BCUT2D eigenvalue weighted by Gasteiger charge is 2.44. The molecule has 51 heteroatoms. The van der Waals surface area contributed by atoms with E-state index in [1.807, 2.05) is 6.26 Å². The number of amides is 14. The molecule has 38 N–H and O–H groups in total. The molecule has 3 fully saturated rings. The second-order valence-electron chi connectivity index (χ2n) is 33.2. The number of aromatic nitrogens is 2. The van der Waals surface area contributed by atoms with Crippen LogP contribution in [0.4, 0.5) is 0 Å². The fraction of sp³-hybridized carbons (Fsp3) is 0.646. The molecule has 3 aliphatic heterocycles. The van der Waals surface area contributed by atoms with E-state index in [1.54, 1.807) is 44.2 Å². The number of carboxylic acids is 1. The van der Waals surface area contributed by atoms with Crippen LogP contribution in [-0.2, 0) is 84.8 Å². The van der Waals surface area contributed by atoms with Crippen molar-refractivity contribution in [3.63, 3.8) is 0 Å². The Morgan fingerprint density at radius 1 is 0.451 bits per heavy atom. The van der Waals surface area contributed by atoms with Crippen molar-refractivity contribution >= 4 is 130 Å². The lowest BCUT2D eigenvalue weighted by Crippen LogP contribution is -2.61. The highest BCUT2D eigenvalue weighted by atomic mass is 32.2. The van der Waals surface area contributed by atoms with Crippen molar-refractivity contribution < 1.29 is 82.1 Å². The van der Waals surface area contributed by atoms with Gasteiger partial charge in [-0.3, -0.25) is 94.2 Å². The number of aliphatic hydroxyl groups is 1. The van der Waals surface area contributed by atoms with Crippen molar-refractivity contribution in [1.29, 1.82) is 27.0 Å². The van der Waals surface area contributed by atoms with E-state index in [0.29, 0.717) is 42.7 Å². The summed E-state index contributed by atoms with van der Waals surface area (Å²) in [5.74, 6) is -14.6. The zero-order chi connectivity index (χ0) is 98.2. The quantitative estimate of drug-likeness (QED) is 0.0166. The van der Waals surface area contributed by atoms with E-state index in [4.69, 9.17) is 67.2 Å².